The van der Waals surface area contributed by atoms with E-state index >= 15 is 0 Å². The maximum atomic E-state index is 12.6. The Bertz CT molecular complexity index is 722. The molecule has 1 fully saturated rings. The minimum absolute atomic E-state index is 0.0802. The summed E-state index contributed by atoms with van der Waals surface area (Å²) >= 11 is 1.46. The molecule has 0 spiro atoms. The minimum atomic E-state index is -0.0802. The van der Waals surface area contributed by atoms with E-state index in [0.29, 0.717) is 17.2 Å². The van der Waals surface area contributed by atoms with E-state index in [4.69, 9.17) is 9.47 Å². The van der Waals surface area contributed by atoms with Crippen LogP contribution in [-0.2, 0) is 4.74 Å². The highest BCUT2D eigenvalue weighted by Gasteiger charge is 2.22. The first kappa shape index (κ1) is 18.9. The van der Waals surface area contributed by atoms with Gasteiger partial charge in [0, 0.05) is 31.1 Å². The van der Waals surface area contributed by atoms with Gasteiger partial charge < -0.3 is 14.8 Å². The number of amides is 1. The van der Waals surface area contributed by atoms with Crippen LogP contribution in [0.15, 0.2) is 36.4 Å². The number of carbonyl (C=O) groups is 1. The molecular weight excluding hydrogens is 348 g/mol. The lowest BCUT2D eigenvalue weighted by molar-refractivity contribution is -0.0672. The van der Waals surface area contributed by atoms with Crippen molar-refractivity contribution in [1.29, 1.82) is 0 Å². The van der Waals surface area contributed by atoms with E-state index in [9.17, 15) is 4.79 Å². The first-order chi connectivity index (χ1) is 12.6. The Kier molecular flexibility index (Phi) is 6.29. The molecular formula is C20H26N2O3S. The van der Waals surface area contributed by atoms with Crippen molar-refractivity contribution in [3.63, 3.8) is 0 Å². The average Bonchev–Trinajstić information content (AvgIpc) is 3.06. The highest BCUT2D eigenvalue weighted by Crippen LogP contribution is 2.36. The van der Waals surface area contributed by atoms with Crippen molar-refractivity contribution < 1.29 is 14.3 Å². The highest BCUT2D eigenvalue weighted by atomic mass is 32.1. The van der Waals surface area contributed by atoms with Crippen molar-refractivity contribution in [2.24, 2.45) is 0 Å². The number of methoxy groups -OCH3 is 1. The zero-order valence-corrected chi connectivity index (χ0v) is 16.3. The molecule has 1 aliphatic heterocycles. The van der Waals surface area contributed by atoms with Gasteiger partial charge >= 0.3 is 0 Å². The van der Waals surface area contributed by atoms with Crippen molar-refractivity contribution in [2.45, 2.75) is 26.1 Å². The van der Waals surface area contributed by atoms with E-state index in [1.54, 1.807) is 7.11 Å². The van der Waals surface area contributed by atoms with Gasteiger partial charge in [-0.15, -0.1) is 11.3 Å². The van der Waals surface area contributed by atoms with Crippen LogP contribution in [0.3, 0.4) is 0 Å². The summed E-state index contributed by atoms with van der Waals surface area (Å²) in [5, 5.41) is 3.02. The van der Waals surface area contributed by atoms with Gasteiger partial charge in [-0.3, -0.25) is 9.69 Å². The van der Waals surface area contributed by atoms with Crippen molar-refractivity contribution in [3.05, 3.63) is 41.3 Å². The van der Waals surface area contributed by atoms with Crippen LogP contribution in [0.5, 0.6) is 5.75 Å². The molecule has 26 heavy (non-hydrogen) atoms. The second-order valence-corrected chi connectivity index (χ2v) is 7.70. The third-order valence-corrected chi connectivity index (χ3v) is 5.56. The van der Waals surface area contributed by atoms with Gasteiger partial charge in [-0.25, -0.2) is 0 Å². The molecule has 0 aliphatic carbocycles. The van der Waals surface area contributed by atoms with Crippen LogP contribution in [0, 0.1) is 0 Å². The molecule has 1 aromatic carbocycles. The lowest BCUT2D eigenvalue weighted by Crippen LogP contribution is -2.47. The smallest absolute Gasteiger partial charge is 0.265 e. The Balaban J connectivity index is 1.60. The molecule has 1 amide bonds. The number of benzene rings is 1. The van der Waals surface area contributed by atoms with E-state index in [0.717, 1.165) is 30.1 Å². The lowest BCUT2D eigenvalue weighted by Gasteiger charge is -2.35. The summed E-state index contributed by atoms with van der Waals surface area (Å²) < 4.78 is 11.2. The van der Waals surface area contributed by atoms with Crippen molar-refractivity contribution in [1.82, 2.24) is 10.2 Å². The predicted octanol–water partition coefficient (Wildman–Crippen LogP) is 3.26. The molecule has 0 bridgehead atoms. The highest BCUT2D eigenvalue weighted by molar-refractivity contribution is 7.17. The van der Waals surface area contributed by atoms with Gasteiger partial charge in [0.25, 0.3) is 5.91 Å². The van der Waals surface area contributed by atoms with Crippen LogP contribution < -0.4 is 10.1 Å². The second-order valence-electron chi connectivity index (χ2n) is 6.65. The number of rotatable bonds is 6. The quantitative estimate of drug-likeness (QED) is 0.843. The molecule has 1 aliphatic rings. The molecule has 5 nitrogen and oxygen atoms in total. The molecule has 0 radical (unpaired) electrons. The van der Waals surface area contributed by atoms with E-state index in [1.165, 1.54) is 11.3 Å². The van der Waals surface area contributed by atoms with Crippen LogP contribution in [0.1, 0.15) is 23.5 Å². The first-order valence-electron chi connectivity index (χ1n) is 8.96. The fraction of sp³-hybridized carbons (Fsp3) is 0.450. The molecule has 2 unspecified atom stereocenters. The van der Waals surface area contributed by atoms with Gasteiger partial charge in [-0.2, -0.15) is 0 Å². The molecule has 0 saturated carbocycles. The van der Waals surface area contributed by atoms with E-state index in [2.05, 4.69) is 24.1 Å². The summed E-state index contributed by atoms with van der Waals surface area (Å²) in [7, 11) is 1.60. The van der Waals surface area contributed by atoms with Gasteiger partial charge in [-0.1, -0.05) is 30.3 Å². The molecule has 3 rings (SSSR count). The number of carbonyl (C=O) groups excluding carboxylic acids is 1. The molecule has 1 saturated heterocycles. The summed E-state index contributed by atoms with van der Waals surface area (Å²) in [4.78, 5) is 16.6. The molecule has 1 aromatic heterocycles. The van der Waals surface area contributed by atoms with Gasteiger partial charge in [0.05, 0.1) is 19.3 Å². The summed E-state index contributed by atoms with van der Waals surface area (Å²) in [6.45, 7) is 7.41. The molecule has 2 atom stereocenters. The number of hydrogen-bond acceptors (Lipinski definition) is 5. The molecule has 6 heteroatoms. The second kappa shape index (κ2) is 8.66. The maximum Gasteiger partial charge on any atom is 0.265 e. The van der Waals surface area contributed by atoms with Crippen LogP contribution >= 0.6 is 11.3 Å². The Hall–Kier alpha value is -1.89. The van der Waals surface area contributed by atoms with Gasteiger partial charge in [0.1, 0.15) is 10.6 Å². The van der Waals surface area contributed by atoms with E-state index < -0.39 is 0 Å². The number of thiophene rings is 1. The van der Waals surface area contributed by atoms with E-state index in [1.807, 2.05) is 36.4 Å². The number of nitrogens with one attached hydrogen (secondary N) is 1. The Morgan fingerprint density at radius 3 is 2.62 bits per heavy atom. The Labute approximate surface area is 158 Å². The molecule has 2 aromatic rings. The summed E-state index contributed by atoms with van der Waals surface area (Å²) in [5.74, 6) is 0.545. The third-order valence-electron chi connectivity index (χ3n) is 4.39. The standard InChI is InChI=1S/C20H26N2O3S/c1-14-12-22(13-15(2)25-14)10-9-21-20(23)19-17(24-3)11-18(26-19)16-7-5-4-6-8-16/h4-8,11,14-15H,9-10,12-13H2,1-3H3,(H,21,23). The Morgan fingerprint density at radius 2 is 1.96 bits per heavy atom. The maximum absolute atomic E-state index is 12.6. The van der Waals surface area contributed by atoms with E-state index in [-0.39, 0.29) is 18.1 Å². The van der Waals surface area contributed by atoms with Crippen molar-refractivity contribution in [3.8, 4) is 16.2 Å². The fourth-order valence-electron chi connectivity index (χ4n) is 3.30. The van der Waals surface area contributed by atoms with Crippen molar-refractivity contribution in [2.75, 3.05) is 33.3 Å². The number of morpholine rings is 1. The van der Waals surface area contributed by atoms with Gasteiger partial charge in [0.2, 0.25) is 0 Å². The molecule has 140 valence electrons. The van der Waals surface area contributed by atoms with Crippen LogP contribution in [0.2, 0.25) is 0 Å². The minimum Gasteiger partial charge on any atom is -0.495 e. The number of hydrogen-bond donors (Lipinski definition) is 1. The fourth-order valence-corrected chi connectivity index (χ4v) is 4.35. The van der Waals surface area contributed by atoms with Crippen LogP contribution in [0.4, 0.5) is 0 Å². The van der Waals surface area contributed by atoms with Crippen molar-refractivity contribution >= 4 is 17.2 Å². The summed E-state index contributed by atoms with van der Waals surface area (Å²) in [6.07, 6.45) is 0.473. The van der Waals surface area contributed by atoms with Gasteiger partial charge in [-0.05, 0) is 25.5 Å². The van der Waals surface area contributed by atoms with Crippen LogP contribution in [0.25, 0.3) is 10.4 Å². The lowest BCUT2D eigenvalue weighted by atomic mass is 10.2. The number of ether oxygens (including phenoxy) is 2. The predicted molar refractivity (Wildman–Crippen MR) is 105 cm³/mol. The summed E-state index contributed by atoms with van der Waals surface area (Å²) in [6, 6.07) is 12.0. The molecule has 2 heterocycles. The average molecular weight is 375 g/mol. The summed E-state index contributed by atoms with van der Waals surface area (Å²) in [5.41, 5.74) is 1.09. The zero-order chi connectivity index (χ0) is 18.5. The molecule has 1 N–H and O–H groups in total. The number of nitrogens with zero attached hydrogens (tertiary/aromatic N) is 1. The first-order valence-corrected chi connectivity index (χ1v) is 9.77. The normalized spacial score (nSPS) is 20.7. The zero-order valence-electron chi connectivity index (χ0n) is 15.5. The largest absolute Gasteiger partial charge is 0.495 e. The monoisotopic (exact) mass is 374 g/mol. The van der Waals surface area contributed by atoms with Crippen LogP contribution in [-0.4, -0.2) is 56.3 Å². The SMILES string of the molecule is COc1cc(-c2ccccc2)sc1C(=O)NCCN1CC(C)OC(C)C1. The third kappa shape index (κ3) is 4.63. The topological polar surface area (TPSA) is 50.8 Å². The Morgan fingerprint density at radius 1 is 1.27 bits per heavy atom. The van der Waals surface area contributed by atoms with Gasteiger partial charge in [0.15, 0.2) is 0 Å².